The molecule has 2 heterocycles. The predicted molar refractivity (Wildman–Crippen MR) is 85.0 cm³/mol. The standard InChI is InChI=1S/C15H14N2OS2/c1-3-19-13-5-4-10(2)8-11(13)14-12(9-18)17-6-7-20-15(17)16-14/h4-9H,3H2,1-2H3. The number of nitrogens with zero attached hydrogens (tertiary/aromatic N) is 2. The van der Waals surface area contributed by atoms with Crippen molar-refractivity contribution < 1.29 is 4.79 Å². The van der Waals surface area contributed by atoms with Crippen LogP contribution in [0.4, 0.5) is 0 Å². The molecule has 0 unspecified atom stereocenters. The summed E-state index contributed by atoms with van der Waals surface area (Å²) < 4.78 is 1.86. The second-order valence-electron chi connectivity index (χ2n) is 4.45. The zero-order chi connectivity index (χ0) is 14.1. The highest BCUT2D eigenvalue weighted by Gasteiger charge is 2.17. The van der Waals surface area contributed by atoms with Crippen LogP contribution in [0.1, 0.15) is 23.0 Å². The highest BCUT2D eigenvalue weighted by molar-refractivity contribution is 7.99. The Kier molecular flexibility index (Phi) is 3.63. The molecule has 20 heavy (non-hydrogen) atoms. The number of hydrogen-bond donors (Lipinski definition) is 0. The highest BCUT2D eigenvalue weighted by atomic mass is 32.2. The molecule has 0 N–H and O–H groups in total. The number of imidazole rings is 1. The van der Waals surface area contributed by atoms with Crippen molar-refractivity contribution in [3.63, 3.8) is 0 Å². The van der Waals surface area contributed by atoms with Crippen molar-refractivity contribution in [2.75, 3.05) is 5.75 Å². The molecule has 0 saturated carbocycles. The second kappa shape index (κ2) is 5.42. The fourth-order valence-electron chi connectivity index (χ4n) is 2.22. The van der Waals surface area contributed by atoms with Gasteiger partial charge in [-0.25, -0.2) is 4.98 Å². The Labute approximate surface area is 125 Å². The summed E-state index contributed by atoms with van der Waals surface area (Å²) in [4.78, 5) is 18.1. The number of carbonyl (C=O) groups is 1. The van der Waals surface area contributed by atoms with E-state index < -0.39 is 0 Å². The Bertz CT molecular complexity index is 773. The van der Waals surface area contributed by atoms with Crippen LogP contribution in [0.15, 0.2) is 34.7 Å². The van der Waals surface area contributed by atoms with Crippen molar-refractivity contribution in [1.29, 1.82) is 0 Å². The molecule has 0 aliphatic heterocycles. The van der Waals surface area contributed by atoms with Crippen LogP contribution in [0.5, 0.6) is 0 Å². The van der Waals surface area contributed by atoms with Gasteiger partial charge in [0.2, 0.25) is 0 Å². The summed E-state index contributed by atoms with van der Waals surface area (Å²) in [5.74, 6) is 0.995. The molecule has 3 aromatic rings. The minimum Gasteiger partial charge on any atom is -0.296 e. The van der Waals surface area contributed by atoms with Crippen LogP contribution in [0.2, 0.25) is 0 Å². The SMILES string of the molecule is CCSc1ccc(C)cc1-c1nc2sccn2c1C=O. The van der Waals surface area contributed by atoms with Crippen molar-refractivity contribution in [3.8, 4) is 11.3 Å². The lowest BCUT2D eigenvalue weighted by Crippen LogP contribution is -1.92. The number of rotatable bonds is 4. The summed E-state index contributed by atoms with van der Waals surface area (Å²) in [5, 5.41) is 1.94. The Balaban J connectivity index is 2.26. The van der Waals surface area contributed by atoms with Crippen molar-refractivity contribution in [3.05, 3.63) is 41.0 Å². The van der Waals surface area contributed by atoms with Gasteiger partial charge in [0, 0.05) is 22.0 Å². The maximum absolute atomic E-state index is 11.5. The van der Waals surface area contributed by atoms with E-state index in [1.165, 1.54) is 10.5 Å². The molecule has 0 amide bonds. The van der Waals surface area contributed by atoms with Gasteiger partial charge >= 0.3 is 0 Å². The van der Waals surface area contributed by atoms with Crippen LogP contribution in [0.25, 0.3) is 16.2 Å². The summed E-state index contributed by atoms with van der Waals surface area (Å²) in [7, 11) is 0. The molecule has 3 rings (SSSR count). The number of aromatic nitrogens is 2. The van der Waals surface area contributed by atoms with Crippen LogP contribution >= 0.6 is 23.1 Å². The minimum absolute atomic E-state index is 0.629. The smallest absolute Gasteiger partial charge is 0.194 e. The quantitative estimate of drug-likeness (QED) is 0.532. The maximum atomic E-state index is 11.5. The third kappa shape index (κ3) is 2.17. The number of aryl methyl sites for hydroxylation is 1. The van der Waals surface area contributed by atoms with Crippen LogP contribution in [0, 0.1) is 6.92 Å². The lowest BCUT2D eigenvalue weighted by molar-refractivity contribution is 0.111. The summed E-state index contributed by atoms with van der Waals surface area (Å²) in [6.45, 7) is 4.18. The van der Waals surface area contributed by atoms with Gasteiger partial charge in [0.1, 0.15) is 11.4 Å². The van der Waals surface area contributed by atoms with Crippen molar-refractivity contribution in [1.82, 2.24) is 9.38 Å². The van der Waals surface area contributed by atoms with Gasteiger partial charge < -0.3 is 0 Å². The predicted octanol–water partition coefficient (Wildman–Crippen LogP) is 4.30. The third-order valence-corrected chi connectivity index (χ3v) is 4.81. The molecular weight excluding hydrogens is 288 g/mol. The number of thiazole rings is 1. The highest BCUT2D eigenvalue weighted by Crippen LogP contribution is 2.34. The molecule has 0 radical (unpaired) electrons. The van der Waals surface area contributed by atoms with Gasteiger partial charge in [-0.05, 0) is 24.8 Å². The molecule has 1 aromatic carbocycles. The van der Waals surface area contributed by atoms with Gasteiger partial charge in [-0.1, -0.05) is 18.6 Å². The lowest BCUT2D eigenvalue weighted by Gasteiger charge is -2.08. The number of hydrogen-bond acceptors (Lipinski definition) is 4. The Hall–Kier alpha value is -1.59. The first-order valence-corrected chi connectivity index (χ1v) is 8.25. The molecule has 0 saturated heterocycles. The number of aldehydes is 1. The molecular formula is C15H14N2OS2. The van der Waals surface area contributed by atoms with Crippen molar-refractivity contribution in [2.45, 2.75) is 18.7 Å². The third-order valence-electron chi connectivity index (χ3n) is 3.10. The van der Waals surface area contributed by atoms with E-state index in [1.807, 2.05) is 16.0 Å². The Morgan fingerprint density at radius 3 is 3.05 bits per heavy atom. The van der Waals surface area contributed by atoms with Gasteiger partial charge in [-0.15, -0.1) is 23.1 Å². The van der Waals surface area contributed by atoms with Crippen molar-refractivity contribution in [2.24, 2.45) is 0 Å². The van der Waals surface area contributed by atoms with E-state index >= 15 is 0 Å². The van der Waals surface area contributed by atoms with E-state index in [2.05, 4.69) is 37.0 Å². The number of benzene rings is 1. The number of thioether (sulfide) groups is 1. The van der Waals surface area contributed by atoms with Crippen LogP contribution < -0.4 is 0 Å². The van der Waals surface area contributed by atoms with E-state index in [4.69, 9.17) is 0 Å². The largest absolute Gasteiger partial charge is 0.296 e. The zero-order valence-corrected chi connectivity index (χ0v) is 12.9. The maximum Gasteiger partial charge on any atom is 0.194 e. The van der Waals surface area contributed by atoms with Crippen LogP contribution in [-0.4, -0.2) is 21.4 Å². The van der Waals surface area contributed by atoms with E-state index in [1.54, 1.807) is 23.1 Å². The molecule has 0 spiro atoms. The minimum atomic E-state index is 0.629. The molecule has 0 atom stereocenters. The fourth-order valence-corrected chi connectivity index (χ4v) is 3.73. The molecule has 0 aliphatic rings. The molecule has 5 heteroatoms. The first-order chi connectivity index (χ1) is 9.74. The molecule has 0 aliphatic carbocycles. The Morgan fingerprint density at radius 2 is 2.30 bits per heavy atom. The summed E-state index contributed by atoms with van der Waals surface area (Å²) in [6, 6.07) is 6.32. The molecule has 3 nitrogen and oxygen atoms in total. The van der Waals surface area contributed by atoms with Gasteiger partial charge in [0.25, 0.3) is 0 Å². The van der Waals surface area contributed by atoms with E-state index in [-0.39, 0.29) is 0 Å². The van der Waals surface area contributed by atoms with Gasteiger partial charge in [-0.3, -0.25) is 9.20 Å². The first-order valence-electron chi connectivity index (χ1n) is 6.39. The summed E-state index contributed by atoms with van der Waals surface area (Å²) in [6.07, 6.45) is 2.79. The monoisotopic (exact) mass is 302 g/mol. The molecule has 0 fully saturated rings. The average molecular weight is 302 g/mol. The van der Waals surface area contributed by atoms with Gasteiger partial charge in [0.15, 0.2) is 11.2 Å². The zero-order valence-electron chi connectivity index (χ0n) is 11.3. The lowest BCUT2D eigenvalue weighted by atomic mass is 10.1. The van der Waals surface area contributed by atoms with Crippen LogP contribution in [-0.2, 0) is 0 Å². The van der Waals surface area contributed by atoms with Gasteiger partial charge in [-0.2, -0.15) is 0 Å². The summed E-state index contributed by atoms with van der Waals surface area (Å²) in [5.41, 5.74) is 3.64. The van der Waals surface area contributed by atoms with Crippen LogP contribution in [0.3, 0.4) is 0 Å². The fraction of sp³-hybridized carbons (Fsp3) is 0.200. The van der Waals surface area contributed by atoms with E-state index in [0.29, 0.717) is 5.69 Å². The topological polar surface area (TPSA) is 34.4 Å². The Morgan fingerprint density at radius 1 is 1.45 bits per heavy atom. The van der Waals surface area contributed by atoms with E-state index in [9.17, 15) is 4.79 Å². The average Bonchev–Trinajstić information content (AvgIpc) is 3.01. The second-order valence-corrected chi connectivity index (χ2v) is 6.63. The molecule has 2 aromatic heterocycles. The van der Waals surface area contributed by atoms with Gasteiger partial charge in [0.05, 0.1) is 0 Å². The normalized spacial score (nSPS) is 11.1. The first kappa shape index (κ1) is 13.4. The molecule has 0 bridgehead atoms. The summed E-state index contributed by atoms with van der Waals surface area (Å²) >= 11 is 3.32. The number of fused-ring (bicyclic) bond motifs is 1. The number of carbonyl (C=O) groups excluding carboxylic acids is 1. The van der Waals surface area contributed by atoms with E-state index in [0.717, 1.165) is 28.3 Å². The van der Waals surface area contributed by atoms with Crippen molar-refractivity contribution >= 4 is 34.3 Å². The molecule has 102 valence electrons.